The number of fused-ring (bicyclic) bond motifs is 1. The third-order valence-corrected chi connectivity index (χ3v) is 4.60. The average molecular weight is 389 g/mol. The van der Waals surface area contributed by atoms with Crippen molar-refractivity contribution >= 4 is 22.7 Å². The number of carbonyl (C=O) groups excluding carboxylic acids is 1. The molecule has 0 spiro atoms. The van der Waals surface area contributed by atoms with E-state index in [-0.39, 0.29) is 11.3 Å². The molecule has 4 rings (SSSR count). The predicted molar refractivity (Wildman–Crippen MR) is 111 cm³/mol. The number of hydrogen-bond acceptors (Lipinski definition) is 5. The van der Waals surface area contributed by atoms with Gasteiger partial charge in [-0.1, -0.05) is 33.8 Å². The van der Waals surface area contributed by atoms with Crippen LogP contribution in [0.15, 0.2) is 53.2 Å². The van der Waals surface area contributed by atoms with E-state index in [0.717, 1.165) is 5.69 Å². The molecule has 7 nitrogen and oxygen atoms in total. The number of nitrogens with one attached hydrogen (secondary N) is 1. The molecule has 3 aromatic heterocycles. The highest BCUT2D eigenvalue weighted by Gasteiger charge is 2.22. The summed E-state index contributed by atoms with van der Waals surface area (Å²) in [5.74, 6) is 1.13. The quantitative estimate of drug-likeness (QED) is 0.554. The van der Waals surface area contributed by atoms with Crippen LogP contribution in [-0.4, -0.2) is 25.7 Å². The highest BCUT2D eigenvalue weighted by molar-refractivity contribution is 6.05. The van der Waals surface area contributed by atoms with Crippen LogP contribution < -0.4 is 5.32 Å². The summed E-state index contributed by atoms with van der Waals surface area (Å²) in [5, 5.41) is 7.31. The molecule has 0 radical (unpaired) electrons. The van der Waals surface area contributed by atoms with E-state index in [2.05, 4.69) is 20.4 Å². The molecule has 7 heteroatoms. The Bertz CT molecular complexity index is 1170. The van der Waals surface area contributed by atoms with Crippen molar-refractivity contribution < 1.29 is 9.21 Å². The van der Waals surface area contributed by atoms with Crippen molar-refractivity contribution in [3.63, 3.8) is 0 Å². The summed E-state index contributed by atoms with van der Waals surface area (Å²) in [6, 6.07) is 11.1. The molecule has 1 N–H and O–H groups in total. The fourth-order valence-electron chi connectivity index (χ4n) is 3.10. The molecule has 0 aliphatic heterocycles. The smallest absolute Gasteiger partial charge is 0.259 e. The number of nitrogens with zero attached hydrogens (tertiary/aromatic N) is 4. The van der Waals surface area contributed by atoms with Crippen molar-refractivity contribution in [3.8, 4) is 5.82 Å². The first-order valence-electron chi connectivity index (χ1n) is 9.57. The number of rotatable bonds is 4. The SMILES string of the molecule is CCc1c(C(=O)Nc2ccc3oc(C(C)(C)C)nc3c2)cnn1-c1ccccn1. The number of carbonyl (C=O) groups is 1. The molecule has 1 amide bonds. The Morgan fingerprint density at radius 3 is 2.72 bits per heavy atom. The molecular formula is C22H23N5O2. The summed E-state index contributed by atoms with van der Waals surface area (Å²) < 4.78 is 7.52. The van der Waals surface area contributed by atoms with E-state index in [1.165, 1.54) is 0 Å². The minimum atomic E-state index is -0.220. The zero-order valence-corrected chi connectivity index (χ0v) is 16.9. The van der Waals surface area contributed by atoms with Gasteiger partial charge in [-0.05, 0) is 36.8 Å². The Labute approximate surface area is 168 Å². The third kappa shape index (κ3) is 3.63. The minimum Gasteiger partial charge on any atom is -0.440 e. The van der Waals surface area contributed by atoms with Gasteiger partial charge in [0.05, 0.1) is 17.5 Å². The summed E-state index contributed by atoms with van der Waals surface area (Å²) >= 11 is 0. The van der Waals surface area contributed by atoms with Crippen LogP contribution in [0, 0.1) is 0 Å². The summed E-state index contributed by atoms with van der Waals surface area (Å²) in [4.78, 5) is 21.8. The number of amides is 1. The Morgan fingerprint density at radius 1 is 1.21 bits per heavy atom. The molecule has 0 aliphatic rings. The van der Waals surface area contributed by atoms with Crippen LogP contribution in [0.3, 0.4) is 0 Å². The minimum absolute atomic E-state index is 0.182. The van der Waals surface area contributed by atoms with Crippen LogP contribution in [0.25, 0.3) is 16.9 Å². The first-order valence-corrected chi connectivity index (χ1v) is 9.57. The molecule has 1 aromatic carbocycles. The van der Waals surface area contributed by atoms with Crippen molar-refractivity contribution in [2.75, 3.05) is 5.32 Å². The van der Waals surface area contributed by atoms with E-state index >= 15 is 0 Å². The van der Waals surface area contributed by atoms with Gasteiger partial charge in [0.2, 0.25) is 5.89 Å². The van der Waals surface area contributed by atoms with E-state index in [9.17, 15) is 4.79 Å². The fraction of sp³-hybridized carbons (Fsp3) is 0.273. The van der Waals surface area contributed by atoms with Crippen molar-refractivity contribution in [3.05, 3.63) is 65.9 Å². The lowest BCUT2D eigenvalue weighted by molar-refractivity contribution is 0.102. The summed E-state index contributed by atoms with van der Waals surface area (Å²) in [6.45, 7) is 8.13. The molecular weight excluding hydrogens is 366 g/mol. The van der Waals surface area contributed by atoms with Crippen LogP contribution in [0.1, 0.15) is 49.6 Å². The maximum atomic E-state index is 12.9. The standard InChI is InChI=1S/C22H23N5O2/c1-5-17-15(13-24-27(17)19-8-6-7-11-23-19)20(28)25-14-9-10-18-16(12-14)26-21(29-18)22(2,3)4/h6-13H,5H2,1-4H3,(H,25,28). The van der Waals surface area contributed by atoms with E-state index < -0.39 is 0 Å². The molecule has 0 bridgehead atoms. The molecule has 148 valence electrons. The van der Waals surface area contributed by atoms with E-state index in [0.29, 0.717) is 40.5 Å². The van der Waals surface area contributed by atoms with Gasteiger partial charge in [0.25, 0.3) is 5.91 Å². The molecule has 0 atom stereocenters. The molecule has 29 heavy (non-hydrogen) atoms. The first-order chi connectivity index (χ1) is 13.9. The maximum absolute atomic E-state index is 12.9. The first kappa shape index (κ1) is 18.9. The number of pyridine rings is 1. The normalized spacial score (nSPS) is 11.7. The Balaban J connectivity index is 1.62. The van der Waals surface area contributed by atoms with Crippen LogP contribution in [0.4, 0.5) is 5.69 Å². The fourth-order valence-corrected chi connectivity index (χ4v) is 3.10. The van der Waals surface area contributed by atoms with E-state index in [1.807, 2.05) is 64.1 Å². The highest BCUT2D eigenvalue weighted by Crippen LogP contribution is 2.27. The number of anilines is 1. The Hall–Kier alpha value is -3.48. The van der Waals surface area contributed by atoms with Gasteiger partial charge >= 0.3 is 0 Å². The molecule has 4 aromatic rings. The molecule has 0 aliphatic carbocycles. The Morgan fingerprint density at radius 2 is 2.03 bits per heavy atom. The second kappa shape index (κ2) is 7.16. The lowest BCUT2D eigenvalue weighted by Gasteiger charge is -2.11. The summed E-state index contributed by atoms with van der Waals surface area (Å²) in [7, 11) is 0. The van der Waals surface area contributed by atoms with Crippen molar-refractivity contribution in [1.82, 2.24) is 19.7 Å². The molecule has 0 saturated heterocycles. The van der Waals surface area contributed by atoms with Crippen LogP contribution in [0.5, 0.6) is 0 Å². The van der Waals surface area contributed by atoms with E-state index in [4.69, 9.17) is 4.42 Å². The largest absolute Gasteiger partial charge is 0.440 e. The Kier molecular flexibility index (Phi) is 4.66. The zero-order valence-electron chi connectivity index (χ0n) is 16.9. The lowest BCUT2D eigenvalue weighted by Crippen LogP contribution is -2.14. The number of oxazole rings is 1. The molecule has 0 saturated carbocycles. The van der Waals surface area contributed by atoms with Gasteiger partial charge in [0.15, 0.2) is 11.4 Å². The molecule has 0 fully saturated rings. The average Bonchev–Trinajstić information content (AvgIpc) is 3.32. The third-order valence-electron chi connectivity index (χ3n) is 4.60. The summed E-state index contributed by atoms with van der Waals surface area (Å²) in [5.41, 5.74) is 3.22. The molecule has 0 unspecified atom stereocenters. The van der Waals surface area contributed by atoms with Gasteiger partial charge in [-0.15, -0.1) is 0 Å². The number of benzene rings is 1. The van der Waals surface area contributed by atoms with Gasteiger partial charge in [-0.2, -0.15) is 5.10 Å². The van der Waals surface area contributed by atoms with Crippen LogP contribution >= 0.6 is 0 Å². The van der Waals surface area contributed by atoms with Crippen molar-refractivity contribution in [2.24, 2.45) is 0 Å². The van der Waals surface area contributed by atoms with Crippen molar-refractivity contribution in [2.45, 2.75) is 39.5 Å². The van der Waals surface area contributed by atoms with Crippen LogP contribution in [-0.2, 0) is 11.8 Å². The topological polar surface area (TPSA) is 85.8 Å². The lowest BCUT2D eigenvalue weighted by atomic mass is 9.97. The maximum Gasteiger partial charge on any atom is 0.259 e. The number of aromatic nitrogens is 4. The highest BCUT2D eigenvalue weighted by atomic mass is 16.3. The van der Waals surface area contributed by atoms with Gasteiger partial charge < -0.3 is 9.73 Å². The second-order valence-corrected chi connectivity index (χ2v) is 7.86. The molecule has 3 heterocycles. The van der Waals surface area contributed by atoms with Crippen molar-refractivity contribution in [1.29, 1.82) is 0 Å². The van der Waals surface area contributed by atoms with E-state index in [1.54, 1.807) is 17.1 Å². The van der Waals surface area contributed by atoms with Gasteiger partial charge in [-0.25, -0.2) is 14.6 Å². The predicted octanol–water partition coefficient (Wildman–Crippen LogP) is 4.52. The second-order valence-electron chi connectivity index (χ2n) is 7.86. The zero-order chi connectivity index (χ0) is 20.6. The van der Waals surface area contributed by atoms with Gasteiger partial charge in [0.1, 0.15) is 5.52 Å². The summed E-state index contributed by atoms with van der Waals surface area (Å²) in [6.07, 6.45) is 3.93. The van der Waals surface area contributed by atoms with Crippen LogP contribution in [0.2, 0.25) is 0 Å². The van der Waals surface area contributed by atoms with Gasteiger partial charge in [-0.3, -0.25) is 4.79 Å². The monoisotopic (exact) mass is 389 g/mol. The van der Waals surface area contributed by atoms with Gasteiger partial charge in [0, 0.05) is 17.3 Å². The number of hydrogen-bond donors (Lipinski definition) is 1.